The normalized spacial score (nSPS) is 47.3. The van der Waals surface area contributed by atoms with Gasteiger partial charge in [-0.3, -0.25) is 19.2 Å². The maximum absolute atomic E-state index is 14.5. The third-order valence-electron chi connectivity index (χ3n) is 12.9. The fraction of sp³-hybridized carbons (Fsp3) is 0.750. The van der Waals surface area contributed by atoms with Crippen LogP contribution >= 0.6 is 0 Å². The van der Waals surface area contributed by atoms with Gasteiger partial charge in [0.05, 0.1) is 18.1 Å². The van der Waals surface area contributed by atoms with E-state index in [-0.39, 0.29) is 57.5 Å². The van der Waals surface area contributed by atoms with Crippen molar-refractivity contribution in [2.45, 2.75) is 87.0 Å². The molecule has 0 spiro atoms. The van der Waals surface area contributed by atoms with Gasteiger partial charge in [0.1, 0.15) is 6.07 Å². The van der Waals surface area contributed by atoms with Gasteiger partial charge in [0.15, 0.2) is 11.6 Å². The Morgan fingerprint density at radius 1 is 1.05 bits per heavy atom. The number of hydrogen-bond acceptors (Lipinski definition) is 5. The zero-order chi connectivity index (χ0) is 28.1. The Bertz CT molecular complexity index is 1210. The zero-order valence-corrected chi connectivity index (χ0v) is 24.4. The van der Waals surface area contributed by atoms with E-state index >= 15 is 0 Å². The Kier molecular flexibility index (Phi) is 6.02. The van der Waals surface area contributed by atoms with Crippen molar-refractivity contribution in [2.24, 2.45) is 56.7 Å². The average Bonchev–Trinajstić information content (AvgIpc) is 2.85. The van der Waals surface area contributed by atoms with Crippen molar-refractivity contribution in [1.82, 2.24) is 5.48 Å². The van der Waals surface area contributed by atoms with Crippen LogP contribution in [-0.4, -0.2) is 24.6 Å². The highest BCUT2D eigenvalue weighted by Crippen LogP contribution is 2.74. The summed E-state index contributed by atoms with van der Waals surface area (Å²) in [5, 5.41) is 9.88. The van der Waals surface area contributed by atoms with Gasteiger partial charge in [0.2, 0.25) is 5.91 Å². The van der Waals surface area contributed by atoms with E-state index in [1.165, 1.54) is 7.11 Å². The topological polar surface area (TPSA) is 96.3 Å². The van der Waals surface area contributed by atoms with Crippen molar-refractivity contribution in [3.8, 4) is 6.07 Å². The number of hydroxylamine groups is 1. The number of rotatable bonds is 2. The lowest BCUT2D eigenvalue weighted by atomic mass is 9.34. The van der Waals surface area contributed by atoms with Gasteiger partial charge in [0.25, 0.3) is 0 Å². The van der Waals surface area contributed by atoms with Crippen LogP contribution < -0.4 is 5.48 Å². The van der Waals surface area contributed by atoms with Gasteiger partial charge in [-0.1, -0.05) is 60.1 Å². The number of fused-ring (bicyclic) bond motifs is 7. The lowest BCUT2D eigenvalue weighted by Crippen LogP contribution is -2.67. The first-order valence-electron chi connectivity index (χ1n) is 14.4. The van der Waals surface area contributed by atoms with Crippen molar-refractivity contribution in [2.75, 3.05) is 7.11 Å². The van der Waals surface area contributed by atoms with E-state index < -0.39 is 16.2 Å². The van der Waals surface area contributed by atoms with Crippen LogP contribution in [0.3, 0.4) is 0 Å². The molecule has 5 aliphatic rings. The second-order valence-corrected chi connectivity index (χ2v) is 14.5. The monoisotopic (exact) mass is 520 g/mol. The summed E-state index contributed by atoms with van der Waals surface area (Å²) >= 11 is 0. The second-order valence-electron chi connectivity index (χ2n) is 14.5. The maximum atomic E-state index is 14.5. The fourth-order valence-corrected chi connectivity index (χ4v) is 10.4. The van der Waals surface area contributed by atoms with Gasteiger partial charge in [-0.05, 0) is 79.1 Å². The lowest BCUT2D eigenvalue weighted by molar-refractivity contribution is -0.188. The van der Waals surface area contributed by atoms with Crippen LogP contribution in [0.25, 0.3) is 0 Å². The molecule has 0 radical (unpaired) electrons. The van der Waals surface area contributed by atoms with E-state index in [4.69, 9.17) is 4.84 Å². The van der Waals surface area contributed by atoms with E-state index in [0.717, 1.165) is 44.1 Å². The quantitative estimate of drug-likeness (QED) is 0.469. The minimum Gasteiger partial charge on any atom is -0.295 e. The number of Topliss-reactive ketones (excluding diaryl/α,β-unsaturated/α-hetero) is 1. The van der Waals surface area contributed by atoms with Gasteiger partial charge in [0, 0.05) is 16.7 Å². The summed E-state index contributed by atoms with van der Waals surface area (Å²) in [7, 11) is 1.48. The molecule has 3 saturated carbocycles. The van der Waals surface area contributed by atoms with Gasteiger partial charge < -0.3 is 0 Å². The van der Waals surface area contributed by atoms with Gasteiger partial charge in [-0.15, -0.1) is 0 Å². The number of allylic oxidation sites excluding steroid dienone is 4. The molecule has 9 atom stereocenters. The maximum Gasteiger partial charge on any atom is 0.250 e. The molecule has 1 amide bonds. The van der Waals surface area contributed by atoms with Crippen LogP contribution in [0.2, 0.25) is 0 Å². The number of nitrogens with zero attached hydrogens (tertiary/aromatic N) is 1. The third-order valence-corrected chi connectivity index (χ3v) is 12.9. The number of hydrogen-bond donors (Lipinski definition) is 1. The minimum absolute atomic E-state index is 0.0238. The Morgan fingerprint density at radius 3 is 2.37 bits per heavy atom. The first-order chi connectivity index (χ1) is 17.7. The minimum atomic E-state index is -0.676. The summed E-state index contributed by atoms with van der Waals surface area (Å²) in [6.07, 6.45) is 8.79. The molecule has 0 aromatic rings. The number of carbonyl (C=O) groups is 3. The van der Waals surface area contributed by atoms with Gasteiger partial charge >= 0.3 is 0 Å². The molecular weight excluding hydrogens is 476 g/mol. The predicted molar refractivity (Wildman–Crippen MR) is 144 cm³/mol. The standard InChI is InChI=1S/C32H44N2O4/c1-18-9-12-32(27(37)34-38-8)14-13-31(7)25(24(32)19(18)2)21(35)15-23-29(5)16-20(17-33)26(36)28(3,4)22(29)10-11-30(23,31)6/h15-16,18-19,22,24-25H,9-14H2,1-8H3,(H,34,37)/t18-,19+,22+,24+,25-,29+,30-,31-,32+/m1/s1. The molecule has 0 heterocycles. The van der Waals surface area contributed by atoms with Crippen molar-refractivity contribution in [3.63, 3.8) is 0 Å². The Labute approximate surface area is 227 Å². The molecule has 3 fully saturated rings. The molecule has 38 heavy (non-hydrogen) atoms. The molecule has 0 aromatic carbocycles. The molecule has 6 heteroatoms. The van der Waals surface area contributed by atoms with Crippen LogP contribution in [0.5, 0.6) is 0 Å². The Hall–Kier alpha value is -2.26. The highest BCUT2D eigenvalue weighted by Gasteiger charge is 2.71. The van der Waals surface area contributed by atoms with Crippen molar-refractivity contribution >= 4 is 17.5 Å². The van der Waals surface area contributed by atoms with E-state index in [9.17, 15) is 19.6 Å². The summed E-state index contributed by atoms with van der Waals surface area (Å²) in [6, 6.07) is 2.17. The largest absolute Gasteiger partial charge is 0.295 e. The number of amides is 1. The molecule has 5 rings (SSSR count). The average molecular weight is 521 g/mol. The molecule has 0 unspecified atom stereocenters. The van der Waals surface area contributed by atoms with Crippen LogP contribution in [-0.2, 0) is 19.2 Å². The molecule has 206 valence electrons. The van der Waals surface area contributed by atoms with Gasteiger partial charge in [-0.2, -0.15) is 5.26 Å². The summed E-state index contributed by atoms with van der Waals surface area (Å²) in [4.78, 5) is 46.4. The molecule has 6 nitrogen and oxygen atoms in total. The highest BCUT2D eigenvalue weighted by atomic mass is 16.6. The molecule has 1 N–H and O–H groups in total. The number of carbonyl (C=O) groups excluding carboxylic acids is 3. The van der Waals surface area contributed by atoms with Crippen LogP contribution in [0.4, 0.5) is 0 Å². The number of ketones is 2. The first-order valence-corrected chi connectivity index (χ1v) is 14.4. The number of nitrogens with one attached hydrogen (secondary N) is 1. The summed E-state index contributed by atoms with van der Waals surface area (Å²) in [5.74, 6) is 0.292. The van der Waals surface area contributed by atoms with Crippen molar-refractivity contribution < 1.29 is 19.2 Å². The van der Waals surface area contributed by atoms with Gasteiger partial charge in [-0.25, -0.2) is 5.48 Å². The van der Waals surface area contributed by atoms with Crippen LogP contribution in [0.15, 0.2) is 23.3 Å². The van der Waals surface area contributed by atoms with E-state index in [0.29, 0.717) is 5.92 Å². The molecular formula is C32H44N2O4. The smallest absolute Gasteiger partial charge is 0.250 e. The van der Waals surface area contributed by atoms with E-state index in [2.05, 4.69) is 46.2 Å². The van der Waals surface area contributed by atoms with Crippen molar-refractivity contribution in [3.05, 3.63) is 23.3 Å². The third kappa shape index (κ3) is 3.12. The predicted octanol–water partition coefficient (Wildman–Crippen LogP) is 5.74. The molecule has 0 aliphatic heterocycles. The number of nitriles is 1. The summed E-state index contributed by atoms with van der Waals surface area (Å²) in [6.45, 7) is 15.2. The Balaban J connectivity index is 1.70. The molecule has 0 aromatic heterocycles. The highest BCUT2D eigenvalue weighted by molar-refractivity contribution is 6.04. The first kappa shape index (κ1) is 27.3. The summed E-state index contributed by atoms with van der Waals surface area (Å²) in [5.41, 5.74) is 1.51. The van der Waals surface area contributed by atoms with E-state index in [1.54, 1.807) is 0 Å². The zero-order valence-electron chi connectivity index (χ0n) is 24.4. The van der Waals surface area contributed by atoms with Crippen molar-refractivity contribution in [1.29, 1.82) is 5.26 Å². The molecule has 0 saturated heterocycles. The summed E-state index contributed by atoms with van der Waals surface area (Å²) < 4.78 is 0. The molecule has 5 aliphatic carbocycles. The second kappa shape index (κ2) is 8.37. The lowest BCUT2D eigenvalue weighted by Gasteiger charge is -2.69. The van der Waals surface area contributed by atoms with E-state index in [1.807, 2.05) is 26.0 Å². The van der Waals surface area contributed by atoms with Crippen LogP contribution in [0.1, 0.15) is 87.0 Å². The fourth-order valence-electron chi connectivity index (χ4n) is 10.4. The van der Waals surface area contributed by atoms with Crippen LogP contribution in [0, 0.1) is 68.0 Å². The molecule has 0 bridgehead atoms. The SMILES string of the molecule is CONC(=O)[C@]12CC[C@@H](C)[C@H](C)[C@H]1[C@H]1C(=O)C=C3[C@@]4(C)C=C(C#N)C(=O)C(C)(C)[C@@H]4CC[C@@]3(C)[C@]1(C)CC2. The Morgan fingerprint density at radius 2 is 1.74 bits per heavy atom.